The minimum Gasteiger partial charge on any atom is -0.295 e. The lowest BCUT2D eigenvalue weighted by Crippen LogP contribution is -2.40. The van der Waals surface area contributed by atoms with Crippen molar-refractivity contribution in [3.05, 3.63) is 11.6 Å². The molecule has 2 nitrogen and oxygen atoms in total. The van der Waals surface area contributed by atoms with Crippen LogP contribution in [0.4, 0.5) is 0 Å². The van der Waals surface area contributed by atoms with E-state index < -0.39 is 0 Å². The molecule has 0 aromatic heterocycles. The summed E-state index contributed by atoms with van der Waals surface area (Å²) in [4.78, 5) is 6.96. The van der Waals surface area contributed by atoms with Crippen LogP contribution in [-0.2, 0) is 0 Å². The van der Waals surface area contributed by atoms with E-state index in [-0.39, 0.29) is 0 Å². The van der Waals surface area contributed by atoms with Crippen molar-refractivity contribution < 1.29 is 0 Å². The summed E-state index contributed by atoms with van der Waals surface area (Å²) in [5.41, 5.74) is 2.85. The topological polar surface area (TPSA) is 15.6 Å². The first-order chi connectivity index (χ1) is 5.77. The van der Waals surface area contributed by atoms with Crippen molar-refractivity contribution in [2.45, 2.75) is 26.3 Å². The van der Waals surface area contributed by atoms with E-state index >= 15 is 0 Å². The fourth-order valence-electron chi connectivity index (χ4n) is 1.86. The maximum Gasteiger partial charge on any atom is 0.0580 e. The van der Waals surface area contributed by atoms with E-state index in [1.807, 2.05) is 0 Å². The summed E-state index contributed by atoms with van der Waals surface area (Å²) < 4.78 is 0. The van der Waals surface area contributed by atoms with Gasteiger partial charge in [-0.1, -0.05) is 6.08 Å². The molecule has 66 valence electrons. The SMILES string of the molecule is CC(C)N1CCC2=CCN=C2C1. The van der Waals surface area contributed by atoms with Crippen LogP contribution in [0.15, 0.2) is 16.6 Å². The molecule has 2 rings (SSSR count). The second-order valence-electron chi connectivity index (χ2n) is 3.83. The monoisotopic (exact) mass is 164 g/mol. The number of piperidine rings is 1. The molecule has 0 atom stereocenters. The van der Waals surface area contributed by atoms with E-state index in [9.17, 15) is 0 Å². The summed E-state index contributed by atoms with van der Waals surface area (Å²) in [6, 6.07) is 0.662. The van der Waals surface area contributed by atoms with Gasteiger partial charge in [0.2, 0.25) is 0 Å². The quantitative estimate of drug-likeness (QED) is 0.573. The van der Waals surface area contributed by atoms with Gasteiger partial charge in [-0.3, -0.25) is 9.89 Å². The summed E-state index contributed by atoms with van der Waals surface area (Å²) >= 11 is 0. The van der Waals surface area contributed by atoms with Gasteiger partial charge in [0.15, 0.2) is 0 Å². The number of hydrogen-bond acceptors (Lipinski definition) is 2. The largest absolute Gasteiger partial charge is 0.295 e. The molecule has 0 aromatic carbocycles. The maximum atomic E-state index is 4.47. The number of hydrogen-bond donors (Lipinski definition) is 0. The Morgan fingerprint density at radius 2 is 2.33 bits per heavy atom. The predicted octanol–water partition coefficient (Wildman–Crippen LogP) is 1.48. The van der Waals surface area contributed by atoms with E-state index in [2.05, 4.69) is 29.8 Å². The number of likely N-dealkylation sites (tertiary alicyclic amines) is 1. The van der Waals surface area contributed by atoms with Crippen LogP contribution in [0.3, 0.4) is 0 Å². The van der Waals surface area contributed by atoms with Crippen LogP contribution in [-0.4, -0.2) is 36.3 Å². The third-order valence-corrected chi connectivity index (χ3v) is 2.74. The molecule has 0 saturated carbocycles. The molecule has 0 unspecified atom stereocenters. The fourth-order valence-corrected chi connectivity index (χ4v) is 1.86. The molecule has 2 heterocycles. The molecule has 0 aromatic rings. The zero-order valence-corrected chi connectivity index (χ0v) is 7.88. The van der Waals surface area contributed by atoms with Crippen molar-refractivity contribution in [2.75, 3.05) is 19.6 Å². The Balaban J connectivity index is 2.07. The molecule has 1 fully saturated rings. The maximum absolute atomic E-state index is 4.47. The van der Waals surface area contributed by atoms with Crippen LogP contribution < -0.4 is 0 Å². The van der Waals surface area contributed by atoms with Crippen molar-refractivity contribution in [3.63, 3.8) is 0 Å². The molecule has 0 aliphatic carbocycles. The number of fused-ring (bicyclic) bond motifs is 1. The van der Waals surface area contributed by atoms with Crippen molar-refractivity contribution >= 4 is 5.71 Å². The summed E-state index contributed by atoms with van der Waals surface area (Å²) in [6.07, 6.45) is 3.48. The standard InChI is InChI=1S/C10H16N2/c1-8(2)12-6-4-9-3-5-11-10(9)7-12/h3,8H,4-7H2,1-2H3. The number of nitrogens with zero attached hydrogens (tertiary/aromatic N) is 2. The molecule has 2 aliphatic heterocycles. The van der Waals surface area contributed by atoms with Gasteiger partial charge in [-0.2, -0.15) is 0 Å². The van der Waals surface area contributed by atoms with Gasteiger partial charge in [-0.05, 0) is 25.8 Å². The van der Waals surface area contributed by atoms with Crippen LogP contribution in [0.1, 0.15) is 20.3 Å². The Kier molecular flexibility index (Phi) is 2.01. The van der Waals surface area contributed by atoms with Gasteiger partial charge in [-0.15, -0.1) is 0 Å². The van der Waals surface area contributed by atoms with E-state index in [4.69, 9.17) is 0 Å². The van der Waals surface area contributed by atoms with Gasteiger partial charge in [0.05, 0.1) is 12.3 Å². The molecule has 0 N–H and O–H groups in total. The Morgan fingerprint density at radius 3 is 3.08 bits per heavy atom. The molecule has 2 heteroatoms. The normalized spacial score (nSPS) is 23.9. The number of aliphatic imine (C=N–C) groups is 1. The third-order valence-electron chi connectivity index (χ3n) is 2.74. The third kappa shape index (κ3) is 1.31. The Labute approximate surface area is 74.0 Å². The van der Waals surface area contributed by atoms with Crippen LogP contribution in [0.2, 0.25) is 0 Å². The molecule has 0 amide bonds. The second kappa shape index (κ2) is 3.02. The Hall–Kier alpha value is -0.630. The van der Waals surface area contributed by atoms with Crippen molar-refractivity contribution in [3.8, 4) is 0 Å². The predicted molar refractivity (Wildman–Crippen MR) is 51.7 cm³/mol. The smallest absolute Gasteiger partial charge is 0.0580 e. The lowest BCUT2D eigenvalue weighted by molar-refractivity contribution is 0.249. The highest BCUT2D eigenvalue weighted by Gasteiger charge is 2.22. The van der Waals surface area contributed by atoms with Gasteiger partial charge < -0.3 is 0 Å². The molecular formula is C10H16N2. The molecule has 0 radical (unpaired) electrons. The lowest BCUT2D eigenvalue weighted by Gasteiger charge is -2.31. The van der Waals surface area contributed by atoms with Crippen molar-refractivity contribution in [1.29, 1.82) is 0 Å². The molecule has 2 aliphatic rings. The average Bonchev–Trinajstić information content (AvgIpc) is 2.49. The summed E-state index contributed by atoms with van der Waals surface area (Å²) in [5, 5.41) is 0. The van der Waals surface area contributed by atoms with E-state index in [1.54, 1.807) is 0 Å². The molecular weight excluding hydrogens is 148 g/mol. The Morgan fingerprint density at radius 1 is 1.50 bits per heavy atom. The van der Waals surface area contributed by atoms with Gasteiger partial charge in [-0.25, -0.2) is 0 Å². The van der Waals surface area contributed by atoms with Crippen LogP contribution >= 0.6 is 0 Å². The summed E-state index contributed by atoms with van der Waals surface area (Å²) in [7, 11) is 0. The van der Waals surface area contributed by atoms with E-state index in [1.165, 1.54) is 24.3 Å². The van der Waals surface area contributed by atoms with E-state index in [0.717, 1.165) is 13.1 Å². The summed E-state index contributed by atoms with van der Waals surface area (Å²) in [6.45, 7) is 7.72. The summed E-state index contributed by atoms with van der Waals surface area (Å²) in [5.74, 6) is 0. The average molecular weight is 164 g/mol. The van der Waals surface area contributed by atoms with E-state index in [0.29, 0.717) is 6.04 Å². The first kappa shape index (κ1) is 7.99. The highest BCUT2D eigenvalue weighted by Crippen LogP contribution is 2.19. The first-order valence-corrected chi connectivity index (χ1v) is 4.74. The lowest BCUT2D eigenvalue weighted by atomic mass is 10.0. The van der Waals surface area contributed by atoms with Crippen LogP contribution in [0.25, 0.3) is 0 Å². The minimum absolute atomic E-state index is 0.662. The van der Waals surface area contributed by atoms with Crippen molar-refractivity contribution in [2.24, 2.45) is 4.99 Å². The van der Waals surface area contributed by atoms with Gasteiger partial charge in [0.1, 0.15) is 0 Å². The molecule has 1 saturated heterocycles. The molecule has 12 heavy (non-hydrogen) atoms. The zero-order chi connectivity index (χ0) is 8.55. The fraction of sp³-hybridized carbons (Fsp3) is 0.700. The zero-order valence-electron chi connectivity index (χ0n) is 7.88. The Bertz CT molecular complexity index is 238. The van der Waals surface area contributed by atoms with Crippen LogP contribution in [0, 0.1) is 0 Å². The van der Waals surface area contributed by atoms with Gasteiger partial charge in [0, 0.05) is 19.1 Å². The second-order valence-corrected chi connectivity index (χ2v) is 3.83. The van der Waals surface area contributed by atoms with Crippen LogP contribution in [0.5, 0.6) is 0 Å². The highest BCUT2D eigenvalue weighted by atomic mass is 15.2. The molecule has 0 bridgehead atoms. The first-order valence-electron chi connectivity index (χ1n) is 4.74. The van der Waals surface area contributed by atoms with Crippen molar-refractivity contribution in [1.82, 2.24) is 4.90 Å². The van der Waals surface area contributed by atoms with Gasteiger partial charge in [0.25, 0.3) is 0 Å². The number of rotatable bonds is 1. The minimum atomic E-state index is 0.662. The van der Waals surface area contributed by atoms with Gasteiger partial charge >= 0.3 is 0 Å². The highest BCUT2D eigenvalue weighted by molar-refractivity contribution is 6.03. The molecule has 0 spiro atoms.